The third-order valence-corrected chi connectivity index (χ3v) is 12.7. The molecule has 1 aromatic rings. The molecule has 0 amide bonds. The van der Waals surface area contributed by atoms with E-state index in [-0.39, 0.29) is 0 Å². The molecule has 4 aliphatic carbocycles. The maximum absolute atomic E-state index is 4.60. The van der Waals surface area contributed by atoms with Crippen LogP contribution < -0.4 is 0 Å². The fourth-order valence-corrected chi connectivity index (χ4v) is 10.5. The van der Waals surface area contributed by atoms with Gasteiger partial charge in [-0.2, -0.15) is 0 Å². The summed E-state index contributed by atoms with van der Waals surface area (Å²) in [5.74, 6) is 6.01. The fourth-order valence-electron chi connectivity index (χ4n) is 10.5. The minimum absolute atomic E-state index is 0.544. The summed E-state index contributed by atoms with van der Waals surface area (Å²) in [6.07, 6.45) is 18.8. The Morgan fingerprint density at radius 2 is 1.69 bits per heavy atom. The van der Waals surface area contributed by atoms with Crippen LogP contribution >= 0.6 is 0 Å². The van der Waals surface area contributed by atoms with E-state index in [2.05, 4.69) is 62.6 Å². The van der Waals surface area contributed by atoms with Crippen LogP contribution in [0.5, 0.6) is 0 Å². The number of nitrogens with zero attached hydrogens (tertiary/aromatic N) is 1. The number of hydrogen-bond acceptors (Lipinski definition) is 1. The van der Waals surface area contributed by atoms with Crippen molar-refractivity contribution in [3.05, 3.63) is 48.2 Å². The van der Waals surface area contributed by atoms with Gasteiger partial charge in [-0.05, 0) is 129 Å². The van der Waals surface area contributed by atoms with E-state index in [1.807, 2.05) is 0 Å². The molecule has 35 heavy (non-hydrogen) atoms. The highest BCUT2D eigenvalue weighted by atomic mass is 15.2. The van der Waals surface area contributed by atoms with Gasteiger partial charge in [0.25, 0.3) is 0 Å². The van der Waals surface area contributed by atoms with Crippen LogP contribution in [0.2, 0.25) is 0 Å². The Balaban J connectivity index is 1.18. The van der Waals surface area contributed by atoms with Crippen molar-refractivity contribution in [3.8, 4) is 0 Å². The molecule has 1 nitrogen and oxygen atoms in total. The lowest BCUT2D eigenvalue weighted by Crippen LogP contribution is -2.50. The van der Waals surface area contributed by atoms with E-state index in [1.54, 1.807) is 6.42 Å². The second kappa shape index (κ2) is 9.25. The molecule has 4 saturated carbocycles. The lowest BCUT2D eigenvalue weighted by molar-refractivity contribution is -0.0810. The molecule has 5 aliphatic rings. The monoisotopic (exact) mass is 473 g/mol. The SMILES string of the molecule is C=C1CCC[C@@H](c2ccccc2)N1C[C@H]1CC[C@H]2[C@@H]3CC[C@@H]4C[C@](C)(CC)CC[C@@H]4[C@H]3CC[C@]12C. The van der Waals surface area contributed by atoms with Crippen LogP contribution in [0.3, 0.4) is 0 Å². The number of likely N-dealkylation sites (tertiary alicyclic amines) is 1. The summed E-state index contributed by atoms with van der Waals surface area (Å²) in [7, 11) is 0. The Morgan fingerprint density at radius 3 is 2.49 bits per heavy atom. The van der Waals surface area contributed by atoms with E-state index in [1.165, 1.54) is 94.9 Å². The van der Waals surface area contributed by atoms with Gasteiger partial charge in [-0.1, -0.05) is 64.1 Å². The van der Waals surface area contributed by atoms with Gasteiger partial charge in [0.1, 0.15) is 0 Å². The van der Waals surface area contributed by atoms with Gasteiger partial charge in [0, 0.05) is 12.2 Å². The first-order valence-electron chi connectivity index (χ1n) is 15.4. The summed E-state index contributed by atoms with van der Waals surface area (Å²) < 4.78 is 0. The standard InChI is InChI=1S/C34H51N/c1-5-33(3)20-18-28-26(22-33)14-16-30-29(28)19-21-34(4)27(15-17-31(30)34)23-35-24(2)10-9-13-32(35)25-11-7-6-8-12-25/h6-8,11-12,26-32H,2,5,9-10,13-23H2,1,3-4H3/t26-,27-,28+,29-,30-,31+,32+,33-,34-/m1/s1. The van der Waals surface area contributed by atoms with Gasteiger partial charge in [0.05, 0.1) is 6.04 Å². The molecule has 0 radical (unpaired) electrons. The molecule has 0 aromatic heterocycles. The molecule has 1 heterocycles. The van der Waals surface area contributed by atoms with Crippen LogP contribution in [0.4, 0.5) is 0 Å². The van der Waals surface area contributed by atoms with Crippen LogP contribution in [0.1, 0.15) is 116 Å². The van der Waals surface area contributed by atoms with Gasteiger partial charge >= 0.3 is 0 Å². The Hall–Kier alpha value is -1.24. The molecule has 1 aromatic carbocycles. The van der Waals surface area contributed by atoms with Crippen LogP contribution in [-0.4, -0.2) is 11.4 Å². The molecule has 0 spiro atoms. The van der Waals surface area contributed by atoms with E-state index < -0.39 is 0 Å². The maximum Gasteiger partial charge on any atom is 0.0539 e. The van der Waals surface area contributed by atoms with Gasteiger partial charge in [0.2, 0.25) is 0 Å². The molecule has 5 fully saturated rings. The molecule has 0 unspecified atom stereocenters. The minimum atomic E-state index is 0.544. The molecule has 1 saturated heterocycles. The normalized spacial score (nSPS) is 45.5. The Labute approximate surface area is 216 Å². The van der Waals surface area contributed by atoms with Crippen molar-refractivity contribution in [2.45, 2.75) is 110 Å². The van der Waals surface area contributed by atoms with Crippen molar-refractivity contribution < 1.29 is 0 Å². The van der Waals surface area contributed by atoms with Crippen LogP contribution in [0.15, 0.2) is 42.6 Å². The van der Waals surface area contributed by atoms with E-state index in [4.69, 9.17) is 0 Å². The van der Waals surface area contributed by atoms with Gasteiger partial charge in [-0.3, -0.25) is 0 Å². The van der Waals surface area contributed by atoms with E-state index >= 15 is 0 Å². The smallest absolute Gasteiger partial charge is 0.0539 e. The van der Waals surface area contributed by atoms with Crippen molar-refractivity contribution in [1.82, 2.24) is 4.90 Å². The van der Waals surface area contributed by atoms with Gasteiger partial charge < -0.3 is 4.90 Å². The average Bonchev–Trinajstić information content (AvgIpc) is 3.21. The second-order valence-electron chi connectivity index (χ2n) is 14.2. The van der Waals surface area contributed by atoms with E-state index in [0.29, 0.717) is 16.9 Å². The second-order valence-corrected chi connectivity index (χ2v) is 14.2. The summed E-state index contributed by atoms with van der Waals surface area (Å²) in [6, 6.07) is 11.9. The highest BCUT2D eigenvalue weighted by Gasteiger charge is 2.57. The predicted molar refractivity (Wildman–Crippen MR) is 148 cm³/mol. The summed E-state index contributed by atoms with van der Waals surface area (Å²) in [4.78, 5) is 2.77. The molecule has 9 atom stereocenters. The summed E-state index contributed by atoms with van der Waals surface area (Å²) in [5.41, 5.74) is 4.11. The molecule has 1 heteroatoms. The Bertz CT molecular complexity index is 904. The summed E-state index contributed by atoms with van der Waals surface area (Å²) in [6.45, 7) is 13.6. The topological polar surface area (TPSA) is 3.24 Å². The quantitative estimate of drug-likeness (QED) is 0.421. The van der Waals surface area contributed by atoms with E-state index in [9.17, 15) is 0 Å². The number of hydrogen-bond donors (Lipinski definition) is 0. The molecule has 1 aliphatic heterocycles. The first-order chi connectivity index (χ1) is 16.9. The van der Waals surface area contributed by atoms with Crippen LogP contribution in [0.25, 0.3) is 0 Å². The van der Waals surface area contributed by atoms with Gasteiger partial charge in [-0.15, -0.1) is 0 Å². The van der Waals surface area contributed by atoms with Crippen molar-refractivity contribution in [2.75, 3.05) is 6.54 Å². The molecule has 6 rings (SSSR count). The van der Waals surface area contributed by atoms with Crippen molar-refractivity contribution in [3.63, 3.8) is 0 Å². The molecule has 0 N–H and O–H groups in total. The number of fused-ring (bicyclic) bond motifs is 5. The third kappa shape index (κ3) is 4.12. The zero-order chi connectivity index (χ0) is 24.2. The Kier molecular flexibility index (Phi) is 6.38. The summed E-state index contributed by atoms with van der Waals surface area (Å²) >= 11 is 0. The predicted octanol–water partition coefficient (Wildman–Crippen LogP) is 9.41. The number of benzene rings is 1. The summed E-state index contributed by atoms with van der Waals surface area (Å²) in [5, 5.41) is 0. The molecule has 192 valence electrons. The zero-order valence-corrected chi connectivity index (χ0v) is 23.0. The fraction of sp³-hybridized carbons (Fsp3) is 0.765. The molecule has 0 bridgehead atoms. The average molecular weight is 474 g/mol. The number of allylic oxidation sites excluding steroid dienone is 1. The highest BCUT2D eigenvalue weighted by molar-refractivity contribution is 5.22. The van der Waals surface area contributed by atoms with Crippen molar-refractivity contribution >= 4 is 0 Å². The third-order valence-electron chi connectivity index (χ3n) is 12.7. The molecular formula is C34H51N. The van der Waals surface area contributed by atoms with Crippen LogP contribution in [0, 0.1) is 46.3 Å². The van der Waals surface area contributed by atoms with Crippen molar-refractivity contribution in [1.29, 1.82) is 0 Å². The first kappa shape index (κ1) is 24.1. The van der Waals surface area contributed by atoms with Gasteiger partial charge in [-0.25, -0.2) is 0 Å². The number of rotatable bonds is 4. The Morgan fingerprint density at radius 1 is 0.886 bits per heavy atom. The lowest BCUT2D eigenvalue weighted by atomic mass is 9.48. The lowest BCUT2D eigenvalue weighted by Gasteiger charge is -2.58. The molecular weight excluding hydrogens is 422 g/mol. The highest BCUT2D eigenvalue weighted by Crippen LogP contribution is 2.65. The van der Waals surface area contributed by atoms with Crippen molar-refractivity contribution in [2.24, 2.45) is 46.3 Å². The van der Waals surface area contributed by atoms with E-state index in [0.717, 1.165) is 35.5 Å². The largest absolute Gasteiger partial charge is 0.368 e. The minimum Gasteiger partial charge on any atom is -0.368 e. The number of piperidine rings is 1. The zero-order valence-electron chi connectivity index (χ0n) is 23.0. The van der Waals surface area contributed by atoms with Gasteiger partial charge in [0.15, 0.2) is 0 Å². The first-order valence-corrected chi connectivity index (χ1v) is 15.4. The van der Waals surface area contributed by atoms with Crippen LogP contribution in [-0.2, 0) is 0 Å². The maximum atomic E-state index is 4.60.